The summed E-state index contributed by atoms with van der Waals surface area (Å²) >= 11 is 6.03. The van der Waals surface area contributed by atoms with Gasteiger partial charge in [-0.05, 0) is 55.9 Å². The van der Waals surface area contributed by atoms with Crippen LogP contribution in [0.15, 0.2) is 48.8 Å². The number of alkyl halides is 2. The van der Waals surface area contributed by atoms with Crippen LogP contribution in [0.25, 0.3) is 0 Å². The van der Waals surface area contributed by atoms with E-state index in [-0.39, 0.29) is 35.4 Å². The number of aliphatic hydroxyl groups is 1. The van der Waals surface area contributed by atoms with E-state index < -0.39 is 59.5 Å². The zero-order chi connectivity index (χ0) is 32.7. The van der Waals surface area contributed by atoms with Gasteiger partial charge in [-0.2, -0.15) is 8.78 Å². The van der Waals surface area contributed by atoms with Gasteiger partial charge >= 0.3 is 6.09 Å². The van der Waals surface area contributed by atoms with Gasteiger partial charge in [-0.1, -0.05) is 49.6 Å². The van der Waals surface area contributed by atoms with Crippen LogP contribution in [0.3, 0.4) is 0 Å². The molecule has 1 aliphatic heterocycles. The number of unbranched alkanes of at least 4 members (excludes halogenated alkanes) is 1. The molecule has 2 fully saturated rings. The predicted octanol–water partition coefficient (Wildman–Crippen LogP) is 3.76. The summed E-state index contributed by atoms with van der Waals surface area (Å²) in [5, 5.41) is 29.4. The third kappa shape index (κ3) is 8.46. The zero-order valence-corrected chi connectivity index (χ0v) is 25.6. The number of amides is 4. The van der Waals surface area contributed by atoms with Gasteiger partial charge in [0.1, 0.15) is 12.1 Å². The minimum absolute atomic E-state index is 0.0107. The highest BCUT2D eigenvalue weighted by Gasteiger charge is 2.51. The fraction of sp³-hybridized carbons (Fsp3) is 0.516. The monoisotopic (exact) mass is 649 g/mol. The van der Waals surface area contributed by atoms with E-state index in [1.165, 1.54) is 30.5 Å². The quantitative estimate of drug-likeness (QED) is 0.196. The third-order valence-electron chi connectivity index (χ3n) is 8.12. The molecule has 0 spiro atoms. The summed E-state index contributed by atoms with van der Waals surface area (Å²) in [5.74, 6) is -6.55. The molecule has 1 saturated heterocycles. The average Bonchev–Trinajstić information content (AvgIpc) is 3.74. The van der Waals surface area contributed by atoms with Crippen molar-refractivity contribution >= 4 is 35.4 Å². The normalized spacial score (nSPS) is 19.1. The first kappa shape index (κ1) is 34.0. The number of pyridine rings is 1. The first-order valence-electron chi connectivity index (χ1n) is 15.1. The van der Waals surface area contributed by atoms with Crippen LogP contribution in [0.2, 0.25) is 5.02 Å². The molecule has 1 saturated carbocycles. The van der Waals surface area contributed by atoms with Gasteiger partial charge in [-0.3, -0.25) is 24.3 Å². The van der Waals surface area contributed by atoms with Gasteiger partial charge in [0, 0.05) is 41.5 Å². The zero-order valence-electron chi connectivity index (χ0n) is 24.8. The summed E-state index contributed by atoms with van der Waals surface area (Å²) in [6.45, 7) is 2.18. The number of halogens is 3. The number of carbonyl (C=O) groups excluding carboxylic acids is 3. The summed E-state index contributed by atoms with van der Waals surface area (Å²) in [4.78, 5) is 56.5. The van der Waals surface area contributed by atoms with Crippen LogP contribution in [-0.4, -0.2) is 74.7 Å². The van der Waals surface area contributed by atoms with Gasteiger partial charge in [-0.25, -0.2) is 4.79 Å². The number of nitrogens with one attached hydrogen (secondary N) is 3. The Bertz CT molecular complexity index is 1360. The number of rotatable bonds is 15. The molecule has 11 nitrogen and oxygen atoms in total. The van der Waals surface area contributed by atoms with E-state index in [4.69, 9.17) is 11.6 Å². The second kappa shape index (κ2) is 15.0. The van der Waals surface area contributed by atoms with Gasteiger partial charge in [0.2, 0.25) is 11.8 Å². The maximum absolute atomic E-state index is 16.5. The lowest BCUT2D eigenvalue weighted by Gasteiger charge is -2.40. The smallest absolute Gasteiger partial charge is 0.408 e. The van der Waals surface area contributed by atoms with Crippen molar-refractivity contribution in [1.29, 1.82) is 0 Å². The number of aliphatic hydroxyl groups excluding tert-OH is 1. The third-order valence-corrected chi connectivity index (χ3v) is 8.36. The molecule has 2 aromatic rings. The lowest BCUT2D eigenvalue weighted by atomic mass is 9.91. The summed E-state index contributed by atoms with van der Waals surface area (Å²) < 4.78 is 33.0. The van der Waals surface area contributed by atoms with Crippen molar-refractivity contribution in [3.63, 3.8) is 0 Å². The molecule has 5 atom stereocenters. The molecule has 4 amide bonds. The molecule has 5 N–H and O–H groups in total. The maximum atomic E-state index is 16.5. The number of nitrogens with zero attached hydrogens (tertiary/aromatic N) is 2. The van der Waals surface area contributed by atoms with E-state index >= 15 is 8.78 Å². The lowest BCUT2D eigenvalue weighted by Crippen LogP contribution is -2.58. The Kier molecular flexibility index (Phi) is 11.3. The second-order valence-corrected chi connectivity index (χ2v) is 12.0. The van der Waals surface area contributed by atoms with E-state index in [0.29, 0.717) is 30.7 Å². The number of hydrogen-bond donors (Lipinski definition) is 5. The highest BCUT2D eigenvalue weighted by Crippen LogP contribution is 2.46. The Balaban J connectivity index is 1.73. The molecule has 1 aromatic carbocycles. The van der Waals surface area contributed by atoms with E-state index in [1.54, 1.807) is 6.92 Å². The molecule has 244 valence electrons. The fourth-order valence-corrected chi connectivity index (χ4v) is 5.76. The van der Waals surface area contributed by atoms with Crippen LogP contribution < -0.4 is 16.0 Å². The van der Waals surface area contributed by atoms with Gasteiger partial charge in [-0.15, -0.1) is 0 Å². The van der Waals surface area contributed by atoms with Crippen LogP contribution in [0.4, 0.5) is 13.6 Å². The Morgan fingerprint density at radius 3 is 2.51 bits per heavy atom. The van der Waals surface area contributed by atoms with E-state index in [2.05, 4.69) is 20.9 Å². The van der Waals surface area contributed by atoms with Crippen molar-refractivity contribution in [1.82, 2.24) is 25.8 Å². The lowest BCUT2D eigenvalue weighted by molar-refractivity contribution is -0.138. The Morgan fingerprint density at radius 2 is 1.93 bits per heavy atom. The van der Waals surface area contributed by atoms with Crippen molar-refractivity contribution in [2.75, 3.05) is 6.54 Å². The maximum Gasteiger partial charge on any atom is 0.408 e. The van der Waals surface area contributed by atoms with Gasteiger partial charge < -0.3 is 26.2 Å². The average molecular weight is 650 g/mol. The molecule has 2 unspecified atom stereocenters. The van der Waals surface area contributed by atoms with Crippen LogP contribution >= 0.6 is 11.6 Å². The van der Waals surface area contributed by atoms with E-state index in [1.807, 2.05) is 0 Å². The first-order valence-corrected chi connectivity index (χ1v) is 15.4. The van der Waals surface area contributed by atoms with E-state index in [9.17, 15) is 29.4 Å². The molecule has 0 radical (unpaired) electrons. The molecule has 45 heavy (non-hydrogen) atoms. The highest BCUT2D eigenvalue weighted by molar-refractivity contribution is 6.30. The van der Waals surface area contributed by atoms with Gasteiger partial charge in [0.05, 0.1) is 6.04 Å². The van der Waals surface area contributed by atoms with Crippen molar-refractivity contribution < 1.29 is 38.2 Å². The molecule has 1 aliphatic carbocycles. The number of carbonyl (C=O) groups is 4. The second-order valence-electron chi connectivity index (χ2n) is 11.5. The summed E-state index contributed by atoms with van der Waals surface area (Å²) in [5.41, 5.74) is -0.732. The molecule has 1 aromatic heterocycles. The van der Waals surface area contributed by atoms with Crippen molar-refractivity contribution in [2.24, 2.45) is 5.92 Å². The van der Waals surface area contributed by atoms with Crippen molar-refractivity contribution in [3.8, 4) is 0 Å². The molecule has 0 bridgehead atoms. The summed E-state index contributed by atoms with van der Waals surface area (Å²) in [7, 11) is 0. The number of carboxylic acid groups (broad SMARTS) is 1. The topological polar surface area (TPSA) is 161 Å². The molecule has 4 rings (SSSR count). The molecule has 14 heteroatoms. The highest BCUT2D eigenvalue weighted by atomic mass is 35.5. The Morgan fingerprint density at radius 1 is 1.18 bits per heavy atom. The summed E-state index contributed by atoms with van der Waals surface area (Å²) in [6, 6.07) is 2.27. The molecular formula is C31H38ClF2N5O6. The van der Waals surface area contributed by atoms with E-state index in [0.717, 1.165) is 31.2 Å². The fourth-order valence-electron chi connectivity index (χ4n) is 5.57. The Labute approximate surface area is 264 Å². The van der Waals surface area contributed by atoms with Gasteiger partial charge in [0.25, 0.3) is 11.8 Å². The van der Waals surface area contributed by atoms with Crippen molar-refractivity contribution in [2.45, 2.75) is 88.1 Å². The number of benzene rings is 1. The molecule has 2 heterocycles. The van der Waals surface area contributed by atoms with Crippen LogP contribution in [0.1, 0.15) is 69.0 Å². The molecule has 2 aliphatic rings. The minimum atomic E-state index is -3.89. The van der Waals surface area contributed by atoms with Gasteiger partial charge in [0.15, 0.2) is 6.10 Å². The molecular weight excluding hydrogens is 612 g/mol. The summed E-state index contributed by atoms with van der Waals surface area (Å²) in [6.07, 6.45) is 1.33. The first-order chi connectivity index (χ1) is 21.4. The predicted molar refractivity (Wildman–Crippen MR) is 160 cm³/mol. The van der Waals surface area contributed by atoms with Crippen LogP contribution in [0.5, 0.6) is 0 Å². The largest absolute Gasteiger partial charge is 0.465 e. The SMILES string of the molecule is CCCC[C@@H](C(=O)N[C@@H](C[C@@H]1CCNC1=O)C(O)C(=O)NC1CC1)N(C(=O)O)C(c1cccnc1)C(F)(F)c1cccc(Cl)c1. The van der Waals surface area contributed by atoms with Crippen LogP contribution in [0, 0.1) is 5.92 Å². The Hall–Kier alpha value is -3.84. The van der Waals surface area contributed by atoms with Crippen molar-refractivity contribution in [3.05, 3.63) is 64.9 Å². The number of aromatic nitrogens is 1. The standard InChI is InChI=1S/C31H38ClF2N5O6/c1-2-3-9-24(28(42)38-23(15-18-12-14-36-27(18)41)25(40)29(43)37-22-10-11-22)39(30(44)45)26(19-6-5-13-35-17-19)31(33,34)20-7-4-8-21(32)16-20/h4-8,13,16-18,22-26,40H,2-3,9-12,14-15H2,1H3,(H,36,41)(H,37,43)(H,38,42)(H,44,45)/t18-,23-,24-,25?,26?/m0/s1. The van der Waals surface area contributed by atoms with Crippen LogP contribution in [-0.2, 0) is 20.3 Å². The number of hydrogen-bond acceptors (Lipinski definition) is 6. The minimum Gasteiger partial charge on any atom is -0.465 e.